The lowest BCUT2D eigenvalue weighted by Crippen LogP contribution is -2.15. The Kier molecular flexibility index (Phi) is 4.59. The summed E-state index contributed by atoms with van der Waals surface area (Å²) in [5.41, 5.74) is 7.85. The van der Waals surface area contributed by atoms with Crippen LogP contribution in [0.5, 0.6) is 5.75 Å². The van der Waals surface area contributed by atoms with Crippen LogP contribution in [0, 0.1) is 6.92 Å². The van der Waals surface area contributed by atoms with E-state index in [0.29, 0.717) is 23.9 Å². The molecule has 0 bridgehead atoms. The first-order chi connectivity index (χ1) is 14.0. The zero-order valence-corrected chi connectivity index (χ0v) is 16.0. The minimum atomic E-state index is -0.744. The Bertz CT molecular complexity index is 1270. The molecule has 0 radical (unpaired) electrons. The van der Waals surface area contributed by atoms with E-state index in [1.807, 2.05) is 38.1 Å². The molecule has 0 aliphatic carbocycles. The molecule has 0 saturated carbocycles. The molecular weight excluding hydrogens is 370 g/mol. The van der Waals surface area contributed by atoms with Crippen molar-refractivity contribution in [3.05, 3.63) is 70.3 Å². The zero-order valence-electron chi connectivity index (χ0n) is 16.0. The van der Waals surface area contributed by atoms with Crippen LogP contribution < -0.4 is 16.2 Å². The van der Waals surface area contributed by atoms with E-state index in [1.165, 1.54) is 4.57 Å². The number of carbonyl (C=O) groups excluding carboxylic acids is 1. The molecule has 0 spiro atoms. The molecule has 146 valence electrons. The van der Waals surface area contributed by atoms with Crippen LogP contribution in [-0.4, -0.2) is 32.0 Å². The first-order valence-corrected chi connectivity index (χ1v) is 9.10. The molecule has 0 aliphatic rings. The number of aromatic amines is 1. The van der Waals surface area contributed by atoms with Crippen LogP contribution in [-0.2, 0) is 0 Å². The van der Waals surface area contributed by atoms with Crippen molar-refractivity contribution in [3.63, 3.8) is 0 Å². The largest absolute Gasteiger partial charge is 0.494 e. The molecule has 3 N–H and O–H groups in total. The van der Waals surface area contributed by atoms with E-state index < -0.39 is 11.6 Å². The Labute approximate surface area is 166 Å². The summed E-state index contributed by atoms with van der Waals surface area (Å²) in [4.78, 5) is 36.2. The molecule has 0 aliphatic heterocycles. The molecule has 1 amide bonds. The summed E-state index contributed by atoms with van der Waals surface area (Å²) in [6, 6.07) is 14.6. The molecule has 29 heavy (non-hydrogen) atoms. The summed E-state index contributed by atoms with van der Waals surface area (Å²) in [5.74, 6) is 0.261. The Hall–Kier alpha value is -3.94. The third kappa shape index (κ3) is 3.36. The number of aromatic nitrogens is 4. The predicted octanol–water partition coefficient (Wildman–Crippen LogP) is 2.58. The minimum absolute atomic E-state index is 0.0340. The highest BCUT2D eigenvalue weighted by Crippen LogP contribution is 2.23. The third-order valence-corrected chi connectivity index (χ3v) is 4.45. The van der Waals surface area contributed by atoms with Crippen molar-refractivity contribution in [3.8, 4) is 22.8 Å². The Morgan fingerprint density at radius 3 is 2.59 bits per heavy atom. The molecule has 4 aromatic rings. The van der Waals surface area contributed by atoms with Crippen LogP contribution in [0.25, 0.3) is 28.2 Å². The number of imidazole rings is 1. The van der Waals surface area contributed by atoms with Crippen LogP contribution in [0.4, 0.5) is 0 Å². The van der Waals surface area contributed by atoms with Crippen molar-refractivity contribution < 1.29 is 9.53 Å². The van der Waals surface area contributed by atoms with E-state index in [1.54, 1.807) is 24.3 Å². The van der Waals surface area contributed by atoms with Gasteiger partial charge in [-0.15, -0.1) is 0 Å². The Morgan fingerprint density at radius 2 is 1.93 bits per heavy atom. The monoisotopic (exact) mass is 389 g/mol. The molecule has 0 fully saturated rings. The molecule has 0 atom stereocenters. The van der Waals surface area contributed by atoms with Crippen molar-refractivity contribution in [1.82, 2.24) is 19.5 Å². The summed E-state index contributed by atoms with van der Waals surface area (Å²) in [5, 5.41) is 0. The molecule has 2 aromatic heterocycles. The second kappa shape index (κ2) is 7.23. The molecule has 8 nitrogen and oxygen atoms in total. The number of nitrogens with one attached hydrogen (secondary N) is 1. The maximum absolute atomic E-state index is 12.7. The van der Waals surface area contributed by atoms with Gasteiger partial charge in [-0.25, -0.2) is 19.3 Å². The van der Waals surface area contributed by atoms with Crippen LogP contribution in [0.3, 0.4) is 0 Å². The van der Waals surface area contributed by atoms with Crippen LogP contribution >= 0.6 is 0 Å². The standard InChI is InChI=1S/C21H19N5O3/c1-3-29-15-9-7-14(8-10-15)26-20-17(24-21(26)28)16(18(22)27)23-19(25-20)13-6-4-5-12(2)11-13/h4-11H,3H2,1-2H3,(H2,22,27)(H,24,28). The van der Waals surface area contributed by atoms with Crippen LogP contribution in [0.15, 0.2) is 53.3 Å². The van der Waals surface area contributed by atoms with Crippen molar-refractivity contribution in [2.45, 2.75) is 13.8 Å². The van der Waals surface area contributed by atoms with Gasteiger partial charge >= 0.3 is 5.69 Å². The number of amides is 1. The average Bonchev–Trinajstić information content (AvgIpc) is 3.03. The second-order valence-corrected chi connectivity index (χ2v) is 6.52. The normalized spacial score (nSPS) is 11.0. The van der Waals surface area contributed by atoms with Crippen molar-refractivity contribution in [2.24, 2.45) is 5.73 Å². The van der Waals surface area contributed by atoms with Gasteiger partial charge in [0.2, 0.25) is 0 Å². The van der Waals surface area contributed by atoms with Gasteiger partial charge in [-0.2, -0.15) is 0 Å². The fraction of sp³-hybridized carbons (Fsp3) is 0.143. The second-order valence-electron chi connectivity index (χ2n) is 6.52. The molecule has 4 rings (SSSR count). The number of H-pyrrole nitrogens is 1. The molecule has 2 aromatic carbocycles. The summed E-state index contributed by atoms with van der Waals surface area (Å²) in [7, 11) is 0. The number of hydrogen-bond donors (Lipinski definition) is 2. The molecule has 0 saturated heterocycles. The quantitative estimate of drug-likeness (QED) is 0.544. The summed E-state index contributed by atoms with van der Waals surface area (Å²) < 4.78 is 6.84. The average molecular weight is 389 g/mol. The number of primary amides is 1. The van der Waals surface area contributed by atoms with Gasteiger partial charge in [-0.05, 0) is 44.2 Å². The number of nitrogens with two attached hydrogens (primary N) is 1. The van der Waals surface area contributed by atoms with Crippen LogP contribution in [0.2, 0.25) is 0 Å². The van der Waals surface area contributed by atoms with Gasteiger partial charge in [0, 0.05) is 5.56 Å². The Morgan fingerprint density at radius 1 is 1.17 bits per heavy atom. The highest BCUT2D eigenvalue weighted by molar-refractivity contribution is 6.02. The van der Waals surface area contributed by atoms with Gasteiger partial charge in [0.25, 0.3) is 5.91 Å². The summed E-state index contributed by atoms with van der Waals surface area (Å²) >= 11 is 0. The molecular formula is C21H19N5O3. The highest BCUT2D eigenvalue weighted by atomic mass is 16.5. The van der Waals surface area contributed by atoms with E-state index in [2.05, 4.69) is 15.0 Å². The van der Waals surface area contributed by atoms with Gasteiger partial charge in [-0.3, -0.25) is 4.79 Å². The lowest BCUT2D eigenvalue weighted by molar-refractivity contribution is 0.0997. The topological polar surface area (TPSA) is 116 Å². The van der Waals surface area contributed by atoms with Gasteiger partial charge < -0.3 is 15.5 Å². The first-order valence-electron chi connectivity index (χ1n) is 9.10. The fourth-order valence-electron chi connectivity index (χ4n) is 3.17. The van der Waals surface area contributed by atoms with E-state index in [0.717, 1.165) is 11.1 Å². The van der Waals surface area contributed by atoms with Crippen LogP contribution in [0.1, 0.15) is 23.0 Å². The maximum atomic E-state index is 12.7. The van der Waals surface area contributed by atoms with Gasteiger partial charge in [0.1, 0.15) is 11.3 Å². The lowest BCUT2D eigenvalue weighted by Gasteiger charge is -2.08. The van der Waals surface area contributed by atoms with Gasteiger partial charge in [-0.1, -0.05) is 23.8 Å². The number of fused-ring (bicyclic) bond motifs is 1. The number of rotatable bonds is 5. The Balaban J connectivity index is 1.97. The smallest absolute Gasteiger partial charge is 0.332 e. The van der Waals surface area contributed by atoms with E-state index >= 15 is 0 Å². The van der Waals surface area contributed by atoms with Gasteiger partial charge in [0.05, 0.1) is 12.3 Å². The SMILES string of the molecule is CCOc1ccc(-n2c(=O)[nH]c3c(C(N)=O)nc(-c4cccc(C)c4)nc32)cc1. The number of carbonyl (C=O) groups is 1. The van der Waals surface area contributed by atoms with Gasteiger partial charge in [0.15, 0.2) is 17.2 Å². The highest BCUT2D eigenvalue weighted by Gasteiger charge is 2.20. The van der Waals surface area contributed by atoms with E-state index in [-0.39, 0.29) is 16.9 Å². The molecule has 8 heteroatoms. The number of nitrogens with zero attached hydrogens (tertiary/aromatic N) is 3. The number of hydrogen-bond acceptors (Lipinski definition) is 5. The lowest BCUT2D eigenvalue weighted by atomic mass is 10.1. The number of benzene rings is 2. The summed E-state index contributed by atoms with van der Waals surface area (Å²) in [6.45, 7) is 4.39. The first kappa shape index (κ1) is 18.4. The molecule has 0 unspecified atom stereocenters. The number of ether oxygens (including phenoxy) is 1. The minimum Gasteiger partial charge on any atom is -0.494 e. The maximum Gasteiger partial charge on any atom is 0.332 e. The number of aryl methyl sites for hydroxylation is 1. The van der Waals surface area contributed by atoms with E-state index in [4.69, 9.17) is 10.5 Å². The van der Waals surface area contributed by atoms with Crippen molar-refractivity contribution in [1.29, 1.82) is 0 Å². The summed E-state index contributed by atoms with van der Waals surface area (Å²) in [6.07, 6.45) is 0. The predicted molar refractivity (Wildman–Crippen MR) is 109 cm³/mol. The van der Waals surface area contributed by atoms with Crippen molar-refractivity contribution in [2.75, 3.05) is 6.61 Å². The zero-order chi connectivity index (χ0) is 20.5. The van der Waals surface area contributed by atoms with Crippen molar-refractivity contribution >= 4 is 17.1 Å². The third-order valence-electron chi connectivity index (χ3n) is 4.45. The molecule has 2 heterocycles. The van der Waals surface area contributed by atoms with E-state index in [9.17, 15) is 9.59 Å². The fourth-order valence-corrected chi connectivity index (χ4v) is 3.17.